The fourth-order valence-electron chi connectivity index (χ4n) is 9.07. The monoisotopic (exact) mass is 791 g/mol. The molecule has 0 N–H and O–H groups in total. The smallest absolute Gasteiger partial charge is 0.180 e. The molecule has 9 aromatic carbocycles. The van der Waals surface area contributed by atoms with Crippen molar-refractivity contribution in [3.8, 4) is 72.8 Å². The van der Waals surface area contributed by atoms with Crippen LogP contribution in [0.4, 0.5) is 0 Å². The molecular formula is C58H37N3O. The predicted molar refractivity (Wildman–Crippen MR) is 256 cm³/mol. The molecule has 4 heteroatoms. The Balaban J connectivity index is 1.24. The van der Waals surface area contributed by atoms with Gasteiger partial charge >= 0.3 is 0 Å². The molecule has 0 radical (unpaired) electrons. The summed E-state index contributed by atoms with van der Waals surface area (Å²) in [5, 5.41) is 3.34. The van der Waals surface area contributed by atoms with Crippen molar-refractivity contribution in [3.05, 3.63) is 224 Å². The van der Waals surface area contributed by atoms with E-state index < -0.39 is 0 Å². The number of furan rings is 1. The Bertz CT molecular complexity index is 3440. The van der Waals surface area contributed by atoms with Crippen LogP contribution in [0.2, 0.25) is 0 Å². The molecular weight excluding hydrogens is 755 g/mol. The Hall–Kier alpha value is -8.34. The highest BCUT2D eigenvalue weighted by Crippen LogP contribution is 2.46. The van der Waals surface area contributed by atoms with E-state index in [1.54, 1.807) is 0 Å². The van der Waals surface area contributed by atoms with Crippen molar-refractivity contribution in [2.75, 3.05) is 0 Å². The summed E-state index contributed by atoms with van der Waals surface area (Å²) in [7, 11) is 0. The predicted octanol–water partition coefficient (Wildman–Crippen LogP) is 15.5. The lowest BCUT2D eigenvalue weighted by atomic mass is 9.91. The third-order valence-electron chi connectivity index (χ3n) is 12.0. The number of nitrogens with zero attached hydrogens (tertiary/aromatic N) is 3. The first-order chi connectivity index (χ1) is 30.7. The highest BCUT2D eigenvalue weighted by molar-refractivity contribution is 6.13. The molecule has 3 aromatic heterocycles. The summed E-state index contributed by atoms with van der Waals surface area (Å²) in [5.41, 5.74) is 17.2. The van der Waals surface area contributed by atoms with Crippen LogP contribution in [-0.4, -0.2) is 14.5 Å². The maximum atomic E-state index is 6.72. The van der Waals surface area contributed by atoms with Gasteiger partial charge in [-0.25, -0.2) is 9.97 Å². The van der Waals surface area contributed by atoms with Crippen LogP contribution in [0.25, 0.3) is 117 Å². The average Bonchev–Trinajstić information content (AvgIpc) is 3.89. The molecule has 4 nitrogen and oxygen atoms in total. The van der Waals surface area contributed by atoms with E-state index in [4.69, 9.17) is 14.4 Å². The fourth-order valence-corrected chi connectivity index (χ4v) is 9.07. The summed E-state index contributed by atoms with van der Waals surface area (Å²) in [6.45, 7) is 0. The maximum Gasteiger partial charge on any atom is 0.180 e. The van der Waals surface area contributed by atoms with Crippen molar-refractivity contribution in [1.29, 1.82) is 0 Å². The third kappa shape index (κ3) is 6.00. The highest BCUT2D eigenvalue weighted by atomic mass is 16.3. The van der Waals surface area contributed by atoms with Gasteiger partial charge in [-0.15, -0.1) is 0 Å². The van der Waals surface area contributed by atoms with Crippen LogP contribution < -0.4 is 0 Å². The Kier molecular flexibility index (Phi) is 8.46. The van der Waals surface area contributed by atoms with Crippen LogP contribution in [0.15, 0.2) is 229 Å². The third-order valence-corrected chi connectivity index (χ3v) is 12.0. The van der Waals surface area contributed by atoms with Gasteiger partial charge in [-0.2, -0.15) is 0 Å². The number of hydrogen-bond acceptors (Lipinski definition) is 3. The standard InChI is InChI=1S/C58H37N3O/c1-6-18-38(19-7-1)43-30-32-46-47-33-31-44(39-20-8-2-9-21-39)37-52(47)61(51(46)36-43)56-49(40-22-10-3-11-23-40)34-45(35-50(56)41-24-12-4-13-25-41)54-57-55(48-28-16-17-29-53(48)62-57)60-58(59-54)42-26-14-5-15-27-42/h1-37H. The molecule has 62 heavy (non-hydrogen) atoms. The highest BCUT2D eigenvalue weighted by Gasteiger charge is 2.25. The zero-order valence-electron chi connectivity index (χ0n) is 33.6. The second-order valence-corrected chi connectivity index (χ2v) is 15.7. The van der Waals surface area contributed by atoms with E-state index in [0.717, 1.165) is 83.4 Å². The van der Waals surface area contributed by atoms with E-state index in [2.05, 4.69) is 193 Å². The van der Waals surface area contributed by atoms with E-state index in [9.17, 15) is 0 Å². The van der Waals surface area contributed by atoms with E-state index in [0.29, 0.717) is 11.4 Å². The molecule has 12 aromatic rings. The van der Waals surface area contributed by atoms with Gasteiger partial charge in [0, 0.05) is 38.4 Å². The Morgan fingerprint density at radius 3 is 1.31 bits per heavy atom. The van der Waals surface area contributed by atoms with Crippen molar-refractivity contribution in [2.24, 2.45) is 0 Å². The fraction of sp³-hybridized carbons (Fsp3) is 0. The maximum absolute atomic E-state index is 6.72. The molecule has 12 rings (SSSR count). The van der Waals surface area contributed by atoms with Crippen molar-refractivity contribution < 1.29 is 4.42 Å². The Labute approximate surface area is 358 Å². The molecule has 0 saturated carbocycles. The lowest BCUT2D eigenvalue weighted by molar-refractivity contribution is 0.667. The molecule has 0 aliphatic rings. The van der Waals surface area contributed by atoms with Gasteiger partial charge in [-0.3, -0.25) is 0 Å². The molecule has 290 valence electrons. The van der Waals surface area contributed by atoms with Crippen LogP contribution in [0.3, 0.4) is 0 Å². The van der Waals surface area contributed by atoms with Gasteiger partial charge in [0.15, 0.2) is 11.4 Å². The first-order valence-electron chi connectivity index (χ1n) is 21.0. The van der Waals surface area contributed by atoms with Gasteiger partial charge < -0.3 is 8.98 Å². The molecule has 0 unspecified atom stereocenters. The number of fused-ring (bicyclic) bond motifs is 6. The molecule has 0 saturated heterocycles. The molecule has 0 amide bonds. The number of para-hydroxylation sites is 1. The van der Waals surface area contributed by atoms with Crippen molar-refractivity contribution in [1.82, 2.24) is 14.5 Å². The summed E-state index contributed by atoms with van der Waals surface area (Å²) in [4.78, 5) is 10.5. The zero-order valence-corrected chi connectivity index (χ0v) is 33.6. The Morgan fingerprint density at radius 1 is 0.339 bits per heavy atom. The molecule has 0 bridgehead atoms. The van der Waals surface area contributed by atoms with Crippen molar-refractivity contribution >= 4 is 43.9 Å². The minimum Gasteiger partial charge on any atom is -0.452 e. The second kappa shape index (κ2) is 14.7. The lowest BCUT2D eigenvalue weighted by Gasteiger charge is -2.21. The summed E-state index contributed by atoms with van der Waals surface area (Å²) in [5.74, 6) is 0.649. The largest absolute Gasteiger partial charge is 0.452 e. The quantitative estimate of drug-likeness (QED) is 0.161. The lowest BCUT2D eigenvalue weighted by Crippen LogP contribution is -2.03. The number of benzene rings is 9. The van der Waals surface area contributed by atoms with Gasteiger partial charge in [0.25, 0.3) is 0 Å². The van der Waals surface area contributed by atoms with Gasteiger partial charge in [0.05, 0.1) is 16.7 Å². The first kappa shape index (κ1) is 35.6. The first-order valence-corrected chi connectivity index (χ1v) is 21.0. The number of hydrogen-bond donors (Lipinski definition) is 0. The molecule has 0 spiro atoms. The van der Waals surface area contributed by atoms with Crippen molar-refractivity contribution in [3.63, 3.8) is 0 Å². The summed E-state index contributed by atoms with van der Waals surface area (Å²) >= 11 is 0. The van der Waals surface area contributed by atoms with Crippen LogP contribution in [0, 0.1) is 0 Å². The van der Waals surface area contributed by atoms with E-state index in [-0.39, 0.29) is 0 Å². The van der Waals surface area contributed by atoms with Gasteiger partial charge in [0.2, 0.25) is 0 Å². The van der Waals surface area contributed by atoms with Crippen molar-refractivity contribution in [2.45, 2.75) is 0 Å². The van der Waals surface area contributed by atoms with Crippen LogP contribution in [0.5, 0.6) is 0 Å². The number of aromatic nitrogens is 3. The SMILES string of the molecule is c1ccc(-c2ccc3c4ccc(-c5ccccc5)cc4n(-c4c(-c5ccccc5)cc(-c5nc(-c6ccccc6)nc6c5oc5ccccc56)cc4-c4ccccc4)c3c2)cc1. The van der Waals surface area contributed by atoms with Crippen LogP contribution >= 0.6 is 0 Å². The normalized spacial score (nSPS) is 11.5. The van der Waals surface area contributed by atoms with Gasteiger partial charge in [-0.1, -0.05) is 188 Å². The number of rotatable bonds is 7. The van der Waals surface area contributed by atoms with E-state index in [1.165, 1.54) is 21.9 Å². The van der Waals surface area contributed by atoms with Gasteiger partial charge in [0.1, 0.15) is 16.8 Å². The van der Waals surface area contributed by atoms with E-state index in [1.807, 2.05) is 36.4 Å². The molecule has 3 heterocycles. The molecule has 0 atom stereocenters. The average molecular weight is 792 g/mol. The summed E-state index contributed by atoms with van der Waals surface area (Å²) in [6, 6.07) is 79.6. The van der Waals surface area contributed by atoms with Gasteiger partial charge in [-0.05, 0) is 69.8 Å². The second-order valence-electron chi connectivity index (χ2n) is 15.7. The molecule has 0 aliphatic heterocycles. The summed E-state index contributed by atoms with van der Waals surface area (Å²) < 4.78 is 9.22. The minimum atomic E-state index is 0.649. The van der Waals surface area contributed by atoms with Crippen LogP contribution in [0.1, 0.15) is 0 Å². The van der Waals surface area contributed by atoms with Crippen LogP contribution in [-0.2, 0) is 0 Å². The minimum absolute atomic E-state index is 0.649. The Morgan fingerprint density at radius 2 is 0.790 bits per heavy atom. The van der Waals surface area contributed by atoms with E-state index >= 15 is 0 Å². The zero-order chi connectivity index (χ0) is 41.0. The molecule has 0 fully saturated rings. The molecule has 0 aliphatic carbocycles. The summed E-state index contributed by atoms with van der Waals surface area (Å²) in [6.07, 6.45) is 0. The topological polar surface area (TPSA) is 43.9 Å².